The number of rotatable bonds is 8. The van der Waals surface area contributed by atoms with Crippen LogP contribution in [0, 0.1) is 6.92 Å². The zero-order valence-corrected chi connectivity index (χ0v) is 15.1. The lowest BCUT2D eigenvalue weighted by Crippen LogP contribution is -2.28. The van der Waals surface area contributed by atoms with E-state index in [0.29, 0.717) is 6.54 Å². The van der Waals surface area contributed by atoms with Crippen molar-refractivity contribution in [1.29, 1.82) is 0 Å². The van der Waals surface area contributed by atoms with Crippen LogP contribution in [-0.2, 0) is 16.0 Å². The summed E-state index contributed by atoms with van der Waals surface area (Å²) in [6.45, 7) is 2.56. The number of carbonyl (C=O) groups is 2. The topological polar surface area (TPSA) is 84.2 Å². The molecule has 5 nitrogen and oxygen atoms in total. The Kier molecular flexibility index (Phi) is 7.35. The van der Waals surface area contributed by atoms with Gasteiger partial charge in [-0.25, -0.2) is 0 Å². The largest absolute Gasteiger partial charge is 0.399 e. The highest BCUT2D eigenvalue weighted by Gasteiger charge is 2.06. The van der Waals surface area contributed by atoms with Crippen LogP contribution in [-0.4, -0.2) is 29.9 Å². The molecule has 6 heteroatoms. The fourth-order valence-electron chi connectivity index (χ4n) is 2.15. The van der Waals surface area contributed by atoms with Gasteiger partial charge in [-0.2, -0.15) is 0 Å². The van der Waals surface area contributed by atoms with Crippen LogP contribution in [0.1, 0.15) is 11.1 Å². The first kappa shape index (κ1) is 18.9. The van der Waals surface area contributed by atoms with Crippen LogP contribution < -0.4 is 16.4 Å². The van der Waals surface area contributed by atoms with Crippen LogP contribution in [0.15, 0.2) is 48.5 Å². The second-order valence-electron chi connectivity index (χ2n) is 5.75. The molecular weight excluding hydrogens is 334 g/mol. The molecule has 0 aliphatic carbocycles. The van der Waals surface area contributed by atoms with Crippen LogP contribution in [0.25, 0.3) is 0 Å². The third-order valence-electron chi connectivity index (χ3n) is 3.52. The summed E-state index contributed by atoms with van der Waals surface area (Å²) >= 11 is 1.30. The molecule has 2 aromatic carbocycles. The third-order valence-corrected chi connectivity index (χ3v) is 4.45. The number of nitrogen functional groups attached to an aromatic ring is 1. The van der Waals surface area contributed by atoms with Crippen LogP contribution in [0.3, 0.4) is 0 Å². The predicted octanol–water partition coefficient (Wildman–Crippen LogP) is 2.61. The minimum absolute atomic E-state index is 0.0661. The van der Waals surface area contributed by atoms with Crippen molar-refractivity contribution in [1.82, 2.24) is 5.32 Å². The maximum Gasteiger partial charge on any atom is 0.234 e. The van der Waals surface area contributed by atoms with E-state index in [0.717, 1.165) is 28.9 Å². The maximum atomic E-state index is 11.8. The molecule has 0 aliphatic heterocycles. The average Bonchev–Trinajstić information content (AvgIpc) is 2.59. The van der Waals surface area contributed by atoms with Crippen LogP contribution in [0.4, 0.5) is 11.4 Å². The monoisotopic (exact) mass is 357 g/mol. The first-order valence-corrected chi connectivity index (χ1v) is 9.24. The van der Waals surface area contributed by atoms with Gasteiger partial charge in [0, 0.05) is 17.9 Å². The molecule has 25 heavy (non-hydrogen) atoms. The molecule has 0 saturated carbocycles. The lowest BCUT2D eigenvalue weighted by molar-refractivity contribution is -0.118. The van der Waals surface area contributed by atoms with Crippen molar-refractivity contribution in [3.8, 4) is 0 Å². The Labute approximate surface area is 152 Å². The van der Waals surface area contributed by atoms with Gasteiger partial charge in [-0.05, 0) is 43.2 Å². The van der Waals surface area contributed by atoms with Crippen molar-refractivity contribution in [3.63, 3.8) is 0 Å². The second-order valence-corrected chi connectivity index (χ2v) is 6.73. The number of aryl methyl sites for hydroxylation is 1. The van der Waals surface area contributed by atoms with E-state index >= 15 is 0 Å². The quantitative estimate of drug-likeness (QED) is 0.634. The first-order chi connectivity index (χ1) is 12.0. The molecule has 0 spiro atoms. The number of thioether (sulfide) groups is 1. The van der Waals surface area contributed by atoms with E-state index in [9.17, 15) is 9.59 Å². The number of carbonyl (C=O) groups excluding carboxylic acids is 2. The Balaban J connectivity index is 1.59. The van der Waals surface area contributed by atoms with Gasteiger partial charge in [0.1, 0.15) is 0 Å². The van der Waals surface area contributed by atoms with Gasteiger partial charge in [-0.1, -0.05) is 29.8 Å². The molecule has 2 amide bonds. The van der Waals surface area contributed by atoms with E-state index in [1.165, 1.54) is 11.8 Å². The predicted molar refractivity (Wildman–Crippen MR) is 105 cm³/mol. The lowest BCUT2D eigenvalue weighted by atomic mass is 10.1. The number of amides is 2. The molecule has 0 heterocycles. The number of anilines is 2. The summed E-state index contributed by atoms with van der Waals surface area (Å²) < 4.78 is 0. The molecule has 0 aliphatic rings. The standard InChI is InChI=1S/C19H23N3O2S/c1-14-2-8-17(9-3-14)22-19(24)13-25-12-18(23)21-11-10-15-4-6-16(20)7-5-15/h2-9H,10-13,20H2,1H3,(H,21,23)(H,22,24). The van der Waals surface area contributed by atoms with E-state index in [2.05, 4.69) is 10.6 Å². The van der Waals surface area contributed by atoms with E-state index in [1.54, 1.807) is 0 Å². The van der Waals surface area contributed by atoms with Gasteiger partial charge in [0.15, 0.2) is 0 Å². The van der Waals surface area contributed by atoms with Crippen LogP contribution in [0.2, 0.25) is 0 Å². The summed E-state index contributed by atoms with van der Waals surface area (Å²) in [5, 5.41) is 5.66. The van der Waals surface area contributed by atoms with Gasteiger partial charge in [0.2, 0.25) is 11.8 Å². The number of hydrogen-bond donors (Lipinski definition) is 3. The molecule has 132 valence electrons. The molecule has 0 saturated heterocycles. The van der Waals surface area contributed by atoms with E-state index in [1.807, 2.05) is 55.5 Å². The van der Waals surface area contributed by atoms with Crippen molar-refractivity contribution in [2.75, 3.05) is 29.1 Å². The zero-order chi connectivity index (χ0) is 18.1. The summed E-state index contributed by atoms with van der Waals surface area (Å²) in [6.07, 6.45) is 0.755. The van der Waals surface area contributed by atoms with E-state index in [4.69, 9.17) is 5.73 Å². The Morgan fingerprint density at radius 2 is 1.60 bits per heavy atom. The molecule has 0 unspecified atom stereocenters. The minimum Gasteiger partial charge on any atom is -0.399 e. The highest BCUT2D eigenvalue weighted by molar-refractivity contribution is 8.00. The summed E-state index contributed by atoms with van der Waals surface area (Å²) in [5.41, 5.74) is 9.40. The van der Waals surface area contributed by atoms with Crippen molar-refractivity contribution in [2.45, 2.75) is 13.3 Å². The smallest absolute Gasteiger partial charge is 0.234 e. The van der Waals surface area contributed by atoms with Gasteiger partial charge in [0.25, 0.3) is 0 Å². The van der Waals surface area contributed by atoms with Crippen LogP contribution in [0.5, 0.6) is 0 Å². The van der Waals surface area contributed by atoms with E-state index < -0.39 is 0 Å². The summed E-state index contributed by atoms with van der Waals surface area (Å²) in [7, 11) is 0. The van der Waals surface area contributed by atoms with Gasteiger partial charge in [-0.15, -0.1) is 11.8 Å². The van der Waals surface area contributed by atoms with Gasteiger partial charge in [-0.3, -0.25) is 9.59 Å². The number of hydrogen-bond acceptors (Lipinski definition) is 4. The van der Waals surface area contributed by atoms with Gasteiger partial charge < -0.3 is 16.4 Å². The fourth-order valence-corrected chi connectivity index (χ4v) is 2.80. The normalized spacial score (nSPS) is 10.3. The fraction of sp³-hybridized carbons (Fsp3) is 0.263. The van der Waals surface area contributed by atoms with Gasteiger partial charge in [0.05, 0.1) is 11.5 Å². The molecule has 0 radical (unpaired) electrons. The third kappa shape index (κ3) is 7.30. The second kappa shape index (κ2) is 9.74. The summed E-state index contributed by atoms with van der Waals surface area (Å²) in [6, 6.07) is 15.2. The van der Waals surface area contributed by atoms with Crippen molar-refractivity contribution < 1.29 is 9.59 Å². The van der Waals surface area contributed by atoms with E-state index in [-0.39, 0.29) is 23.3 Å². The molecule has 4 N–H and O–H groups in total. The zero-order valence-electron chi connectivity index (χ0n) is 14.2. The Morgan fingerprint density at radius 1 is 0.960 bits per heavy atom. The molecule has 0 bridgehead atoms. The van der Waals surface area contributed by atoms with Crippen molar-refractivity contribution in [2.24, 2.45) is 0 Å². The molecule has 0 fully saturated rings. The highest BCUT2D eigenvalue weighted by atomic mass is 32.2. The maximum absolute atomic E-state index is 11.8. The Morgan fingerprint density at radius 3 is 2.28 bits per heavy atom. The molecule has 0 atom stereocenters. The lowest BCUT2D eigenvalue weighted by Gasteiger charge is -2.07. The Hall–Kier alpha value is -2.47. The van der Waals surface area contributed by atoms with Crippen molar-refractivity contribution in [3.05, 3.63) is 59.7 Å². The molecule has 0 aromatic heterocycles. The SMILES string of the molecule is Cc1ccc(NC(=O)CSCC(=O)NCCc2ccc(N)cc2)cc1. The van der Waals surface area contributed by atoms with Gasteiger partial charge >= 0.3 is 0 Å². The Bertz CT molecular complexity index is 700. The first-order valence-electron chi connectivity index (χ1n) is 8.08. The molecule has 2 aromatic rings. The number of nitrogens with one attached hydrogen (secondary N) is 2. The van der Waals surface area contributed by atoms with Crippen LogP contribution >= 0.6 is 11.8 Å². The number of benzene rings is 2. The average molecular weight is 357 g/mol. The summed E-state index contributed by atoms with van der Waals surface area (Å²) in [4.78, 5) is 23.6. The number of nitrogens with two attached hydrogens (primary N) is 1. The highest BCUT2D eigenvalue weighted by Crippen LogP contribution is 2.10. The minimum atomic E-state index is -0.108. The van der Waals surface area contributed by atoms with Crippen molar-refractivity contribution >= 4 is 35.0 Å². The molecule has 2 rings (SSSR count). The summed E-state index contributed by atoms with van der Waals surface area (Å²) in [5.74, 6) is 0.342. The molecular formula is C19H23N3O2S.